The van der Waals surface area contributed by atoms with Crippen LogP contribution in [0.15, 0.2) is 30.3 Å². The first kappa shape index (κ1) is 19.4. The Labute approximate surface area is 141 Å². The van der Waals surface area contributed by atoms with Gasteiger partial charge < -0.3 is 23.7 Å². The molecule has 0 spiro atoms. The lowest BCUT2D eigenvalue weighted by Crippen LogP contribution is -2.14. The standard InChI is InChI=1S/C16H25BrO5/c17-6-7-18-8-9-19-10-11-20-12-13-21-14-15-22-16-4-2-1-3-5-16/h1-5H,6-15H2. The van der Waals surface area contributed by atoms with Crippen LogP contribution in [-0.4, -0.2) is 64.8 Å². The van der Waals surface area contributed by atoms with Crippen LogP contribution in [0.4, 0.5) is 0 Å². The Morgan fingerprint density at radius 1 is 0.591 bits per heavy atom. The van der Waals surface area contributed by atoms with Crippen molar-refractivity contribution in [1.82, 2.24) is 0 Å². The average Bonchev–Trinajstić information content (AvgIpc) is 2.56. The van der Waals surface area contributed by atoms with Gasteiger partial charge in [-0.2, -0.15) is 0 Å². The molecule has 0 saturated carbocycles. The third-order valence-corrected chi connectivity index (χ3v) is 2.90. The molecule has 1 rings (SSSR count). The normalized spacial score (nSPS) is 10.8. The van der Waals surface area contributed by atoms with E-state index in [1.54, 1.807) is 0 Å². The lowest BCUT2D eigenvalue weighted by atomic mass is 10.3. The van der Waals surface area contributed by atoms with Crippen LogP contribution >= 0.6 is 15.9 Å². The second-order valence-electron chi connectivity index (χ2n) is 4.30. The predicted molar refractivity (Wildman–Crippen MR) is 89.0 cm³/mol. The highest BCUT2D eigenvalue weighted by molar-refractivity contribution is 9.09. The molecule has 0 atom stereocenters. The monoisotopic (exact) mass is 376 g/mol. The Morgan fingerprint density at radius 2 is 1.05 bits per heavy atom. The molecule has 0 unspecified atom stereocenters. The molecule has 6 heteroatoms. The summed E-state index contributed by atoms with van der Waals surface area (Å²) in [6.45, 7) is 5.31. The maximum Gasteiger partial charge on any atom is 0.119 e. The Balaban J connectivity index is 1.73. The van der Waals surface area contributed by atoms with Gasteiger partial charge in [-0.15, -0.1) is 0 Å². The van der Waals surface area contributed by atoms with E-state index in [0.717, 1.165) is 11.1 Å². The number of halogens is 1. The van der Waals surface area contributed by atoms with E-state index in [2.05, 4.69) is 15.9 Å². The molecule has 0 aliphatic heterocycles. The van der Waals surface area contributed by atoms with E-state index in [-0.39, 0.29) is 0 Å². The van der Waals surface area contributed by atoms with E-state index in [4.69, 9.17) is 23.7 Å². The van der Waals surface area contributed by atoms with Crippen molar-refractivity contribution in [2.24, 2.45) is 0 Å². The number of alkyl halides is 1. The van der Waals surface area contributed by atoms with Crippen molar-refractivity contribution in [2.45, 2.75) is 0 Å². The predicted octanol–water partition coefficient (Wildman–Crippen LogP) is 2.53. The maximum absolute atomic E-state index is 5.51. The quantitative estimate of drug-likeness (QED) is 0.347. The molecule has 22 heavy (non-hydrogen) atoms. The number of rotatable bonds is 15. The van der Waals surface area contributed by atoms with Crippen LogP contribution in [0.5, 0.6) is 5.75 Å². The summed E-state index contributed by atoms with van der Waals surface area (Å²) in [5.74, 6) is 0.861. The molecule has 1 aromatic rings. The molecule has 0 bridgehead atoms. The molecule has 0 saturated heterocycles. The number of benzene rings is 1. The SMILES string of the molecule is BrCCOCCOCCOCCOCCOc1ccccc1. The van der Waals surface area contributed by atoms with E-state index in [0.29, 0.717) is 59.5 Å². The van der Waals surface area contributed by atoms with Crippen LogP contribution in [-0.2, 0) is 18.9 Å². The van der Waals surface area contributed by atoms with Crippen LogP contribution in [0.1, 0.15) is 0 Å². The molecule has 5 nitrogen and oxygen atoms in total. The fourth-order valence-corrected chi connectivity index (χ4v) is 1.78. The third-order valence-electron chi connectivity index (χ3n) is 2.58. The Morgan fingerprint density at radius 3 is 1.55 bits per heavy atom. The summed E-state index contributed by atoms with van der Waals surface area (Å²) in [6, 6.07) is 9.70. The van der Waals surface area contributed by atoms with Crippen LogP contribution in [0.25, 0.3) is 0 Å². The first-order valence-corrected chi connectivity index (χ1v) is 8.60. The smallest absolute Gasteiger partial charge is 0.119 e. The van der Waals surface area contributed by atoms with Gasteiger partial charge in [0.2, 0.25) is 0 Å². The first-order valence-electron chi connectivity index (χ1n) is 7.48. The van der Waals surface area contributed by atoms with Crippen molar-refractivity contribution in [3.05, 3.63) is 30.3 Å². The zero-order valence-corrected chi connectivity index (χ0v) is 14.5. The second kappa shape index (κ2) is 15.2. The van der Waals surface area contributed by atoms with Crippen molar-refractivity contribution in [2.75, 3.05) is 64.8 Å². The Bertz CT molecular complexity index is 337. The highest BCUT2D eigenvalue weighted by atomic mass is 79.9. The molecule has 126 valence electrons. The number of para-hydroxylation sites is 1. The molecule has 0 heterocycles. The van der Waals surface area contributed by atoms with Gasteiger partial charge in [0.1, 0.15) is 12.4 Å². The van der Waals surface area contributed by atoms with Crippen molar-refractivity contribution in [1.29, 1.82) is 0 Å². The van der Waals surface area contributed by atoms with Crippen molar-refractivity contribution >= 4 is 15.9 Å². The highest BCUT2D eigenvalue weighted by Gasteiger charge is 1.94. The van der Waals surface area contributed by atoms with Crippen molar-refractivity contribution in [3.63, 3.8) is 0 Å². The summed E-state index contributed by atoms with van der Waals surface area (Å²) in [5.41, 5.74) is 0. The van der Waals surface area contributed by atoms with Gasteiger partial charge in [-0.25, -0.2) is 0 Å². The number of hydrogen-bond acceptors (Lipinski definition) is 5. The number of hydrogen-bond donors (Lipinski definition) is 0. The molecule has 0 radical (unpaired) electrons. The van der Waals surface area contributed by atoms with E-state index in [1.165, 1.54) is 0 Å². The molecule has 0 N–H and O–H groups in total. The number of ether oxygens (including phenoxy) is 5. The summed E-state index contributed by atoms with van der Waals surface area (Å²) in [6.07, 6.45) is 0. The minimum absolute atomic E-state index is 0.543. The van der Waals surface area contributed by atoms with Crippen LogP contribution in [0.2, 0.25) is 0 Å². The molecule has 1 aromatic carbocycles. The van der Waals surface area contributed by atoms with E-state index >= 15 is 0 Å². The third kappa shape index (κ3) is 11.9. The van der Waals surface area contributed by atoms with Gasteiger partial charge in [0.05, 0.1) is 52.9 Å². The summed E-state index contributed by atoms with van der Waals surface area (Å²) in [4.78, 5) is 0. The highest BCUT2D eigenvalue weighted by Crippen LogP contribution is 2.07. The molecule has 0 aromatic heterocycles. The molecular formula is C16H25BrO5. The summed E-state index contributed by atoms with van der Waals surface area (Å²) < 4.78 is 26.9. The zero-order chi connectivity index (χ0) is 15.7. The van der Waals surface area contributed by atoms with Gasteiger partial charge >= 0.3 is 0 Å². The van der Waals surface area contributed by atoms with E-state index in [1.807, 2.05) is 30.3 Å². The van der Waals surface area contributed by atoms with Gasteiger partial charge in [0, 0.05) is 5.33 Å². The van der Waals surface area contributed by atoms with Crippen LogP contribution in [0.3, 0.4) is 0 Å². The van der Waals surface area contributed by atoms with Gasteiger partial charge in [-0.3, -0.25) is 0 Å². The topological polar surface area (TPSA) is 46.2 Å². The Hall–Kier alpha value is -0.660. The fraction of sp³-hybridized carbons (Fsp3) is 0.625. The Kier molecular flexibility index (Phi) is 13.4. The average molecular weight is 377 g/mol. The minimum Gasteiger partial charge on any atom is -0.491 e. The summed E-state index contributed by atoms with van der Waals surface area (Å²) in [7, 11) is 0. The minimum atomic E-state index is 0.543. The van der Waals surface area contributed by atoms with Gasteiger partial charge in [0.15, 0.2) is 0 Å². The molecule has 0 fully saturated rings. The van der Waals surface area contributed by atoms with Crippen molar-refractivity contribution < 1.29 is 23.7 Å². The van der Waals surface area contributed by atoms with Gasteiger partial charge in [0.25, 0.3) is 0 Å². The maximum atomic E-state index is 5.51. The second-order valence-corrected chi connectivity index (χ2v) is 5.09. The zero-order valence-electron chi connectivity index (χ0n) is 12.9. The van der Waals surface area contributed by atoms with Gasteiger partial charge in [-0.05, 0) is 12.1 Å². The largest absolute Gasteiger partial charge is 0.491 e. The van der Waals surface area contributed by atoms with E-state index in [9.17, 15) is 0 Å². The first-order chi connectivity index (χ1) is 10.9. The van der Waals surface area contributed by atoms with Gasteiger partial charge in [-0.1, -0.05) is 34.1 Å². The van der Waals surface area contributed by atoms with Crippen LogP contribution < -0.4 is 4.74 Å². The molecular weight excluding hydrogens is 352 g/mol. The molecule has 0 aliphatic carbocycles. The molecule has 0 amide bonds. The molecule has 0 aliphatic rings. The fourth-order valence-electron chi connectivity index (χ4n) is 1.55. The summed E-state index contributed by atoms with van der Waals surface area (Å²) in [5, 5.41) is 0.854. The van der Waals surface area contributed by atoms with E-state index < -0.39 is 0 Å². The van der Waals surface area contributed by atoms with Crippen LogP contribution in [0, 0.1) is 0 Å². The lowest BCUT2D eigenvalue weighted by Gasteiger charge is -2.08. The lowest BCUT2D eigenvalue weighted by molar-refractivity contribution is -0.00315. The summed E-state index contributed by atoms with van der Waals surface area (Å²) >= 11 is 3.29. The van der Waals surface area contributed by atoms with Crippen molar-refractivity contribution in [3.8, 4) is 5.75 Å².